The molecule has 0 unspecified atom stereocenters. The van der Waals surface area contributed by atoms with Crippen LogP contribution in [-0.2, 0) is 6.54 Å². The van der Waals surface area contributed by atoms with Crippen LogP contribution in [0, 0.1) is 5.92 Å². The number of nitrogens with one attached hydrogen (secondary N) is 1. The maximum absolute atomic E-state index is 5.63. The third-order valence-electron chi connectivity index (χ3n) is 2.82. The fourth-order valence-electron chi connectivity index (χ4n) is 1.74. The second-order valence-corrected chi connectivity index (χ2v) is 5.15. The van der Waals surface area contributed by atoms with E-state index in [1.807, 2.05) is 24.3 Å². The van der Waals surface area contributed by atoms with Gasteiger partial charge >= 0.3 is 0 Å². The van der Waals surface area contributed by atoms with Gasteiger partial charge in [0, 0.05) is 6.54 Å². The Morgan fingerprint density at radius 3 is 2.33 bits per heavy atom. The molecular formula is C16H21N3O2. The largest absolute Gasteiger partial charge is 0.497 e. The van der Waals surface area contributed by atoms with Gasteiger partial charge in [-0.25, -0.2) is 4.98 Å². The Balaban J connectivity index is 1.89. The molecule has 0 aliphatic heterocycles. The maximum Gasteiger partial charge on any atom is 0.237 e. The molecule has 1 N–H and O–H groups in total. The molecule has 0 bridgehead atoms. The van der Waals surface area contributed by atoms with E-state index in [4.69, 9.17) is 9.47 Å². The van der Waals surface area contributed by atoms with E-state index >= 15 is 0 Å². The van der Waals surface area contributed by atoms with Crippen molar-refractivity contribution < 1.29 is 9.47 Å². The van der Waals surface area contributed by atoms with Gasteiger partial charge < -0.3 is 14.8 Å². The standard InChI is InChI=1S/C16H21N3O2/c1-12(2)8-17-9-13-10-19-16(11-18-13)21-15-6-4-14(20-3)5-7-15/h4-7,10-12,17H,8-9H2,1-3H3. The lowest BCUT2D eigenvalue weighted by molar-refractivity contribution is 0.412. The minimum Gasteiger partial charge on any atom is -0.497 e. The average Bonchev–Trinajstić information content (AvgIpc) is 2.49. The molecule has 0 aliphatic carbocycles. The fraction of sp³-hybridized carbons (Fsp3) is 0.375. The summed E-state index contributed by atoms with van der Waals surface area (Å²) < 4.78 is 10.7. The molecule has 0 amide bonds. The van der Waals surface area contributed by atoms with E-state index in [1.165, 1.54) is 0 Å². The van der Waals surface area contributed by atoms with Crippen molar-refractivity contribution in [2.75, 3.05) is 13.7 Å². The monoisotopic (exact) mass is 287 g/mol. The topological polar surface area (TPSA) is 56.3 Å². The van der Waals surface area contributed by atoms with Gasteiger partial charge in [-0.2, -0.15) is 0 Å². The molecule has 0 aliphatic rings. The first-order chi connectivity index (χ1) is 10.2. The minimum atomic E-state index is 0.479. The zero-order chi connectivity index (χ0) is 15.1. The van der Waals surface area contributed by atoms with Crippen LogP contribution < -0.4 is 14.8 Å². The molecule has 0 radical (unpaired) electrons. The molecule has 0 saturated carbocycles. The lowest BCUT2D eigenvalue weighted by Crippen LogP contribution is -2.19. The number of rotatable bonds is 7. The number of hydrogen-bond acceptors (Lipinski definition) is 5. The van der Waals surface area contributed by atoms with E-state index in [1.54, 1.807) is 19.5 Å². The van der Waals surface area contributed by atoms with Gasteiger partial charge in [0.1, 0.15) is 11.5 Å². The fourth-order valence-corrected chi connectivity index (χ4v) is 1.74. The van der Waals surface area contributed by atoms with Crippen molar-refractivity contribution in [1.29, 1.82) is 0 Å². The molecule has 0 spiro atoms. The van der Waals surface area contributed by atoms with Crippen molar-refractivity contribution in [2.24, 2.45) is 5.92 Å². The van der Waals surface area contributed by atoms with Gasteiger partial charge in [-0.3, -0.25) is 4.98 Å². The number of hydrogen-bond donors (Lipinski definition) is 1. The molecule has 1 aromatic carbocycles. The summed E-state index contributed by atoms with van der Waals surface area (Å²) in [6.45, 7) is 6.02. The molecular weight excluding hydrogens is 266 g/mol. The lowest BCUT2D eigenvalue weighted by atomic mass is 10.2. The van der Waals surface area contributed by atoms with Crippen LogP contribution in [0.25, 0.3) is 0 Å². The van der Waals surface area contributed by atoms with Gasteiger partial charge in [-0.1, -0.05) is 13.8 Å². The summed E-state index contributed by atoms with van der Waals surface area (Å²) in [6, 6.07) is 7.34. The number of nitrogens with zero attached hydrogens (tertiary/aromatic N) is 2. The Bertz CT molecular complexity index is 538. The van der Waals surface area contributed by atoms with E-state index in [0.717, 1.165) is 18.0 Å². The van der Waals surface area contributed by atoms with Gasteiger partial charge in [0.25, 0.3) is 0 Å². The van der Waals surface area contributed by atoms with Crippen LogP contribution in [-0.4, -0.2) is 23.6 Å². The van der Waals surface area contributed by atoms with Gasteiger partial charge in [0.15, 0.2) is 0 Å². The number of benzene rings is 1. The van der Waals surface area contributed by atoms with E-state index in [9.17, 15) is 0 Å². The Morgan fingerprint density at radius 1 is 1.05 bits per heavy atom. The Kier molecular flexibility index (Phi) is 5.51. The van der Waals surface area contributed by atoms with Gasteiger partial charge in [0.05, 0.1) is 25.2 Å². The van der Waals surface area contributed by atoms with E-state index in [2.05, 4.69) is 29.1 Å². The quantitative estimate of drug-likeness (QED) is 0.848. The Morgan fingerprint density at radius 2 is 1.76 bits per heavy atom. The molecule has 0 fully saturated rings. The summed E-state index contributed by atoms with van der Waals surface area (Å²) in [5.74, 6) is 2.60. The normalized spacial score (nSPS) is 10.7. The van der Waals surface area contributed by atoms with E-state index < -0.39 is 0 Å². The molecule has 21 heavy (non-hydrogen) atoms. The van der Waals surface area contributed by atoms with Gasteiger partial charge in [0.2, 0.25) is 5.88 Å². The highest BCUT2D eigenvalue weighted by Crippen LogP contribution is 2.21. The lowest BCUT2D eigenvalue weighted by Gasteiger charge is -2.08. The highest BCUT2D eigenvalue weighted by molar-refractivity contribution is 5.33. The van der Waals surface area contributed by atoms with Crippen LogP contribution in [0.5, 0.6) is 17.4 Å². The molecule has 0 saturated heterocycles. The molecule has 2 aromatic rings. The van der Waals surface area contributed by atoms with Crippen LogP contribution in [0.3, 0.4) is 0 Å². The average molecular weight is 287 g/mol. The van der Waals surface area contributed by atoms with Crippen molar-refractivity contribution in [3.63, 3.8) is 0 Å². The molecule has 112 valence electrons. The number of ether oxygens (including phenoxy) is 2. The zero-order valence-electron chi connectivity index (χ0n) is 12.7. The Labute approximate surface area is 125 Å². The van der Waals surface area contributed by atoms with Crippen molar-refractivity contribution in [1.82, 2.24) is 15.3 Å². The molecule has 1 aromatic heterocycles. The predicted octanol–water partition coefficient (Wildman–Crippen LogP) is 3.02. The van der Waals surface area contributed by atoms with Crippen LogP contribution in [0.15, 0.2) is 36.7 Å². The van der Waals surface area contributed by atoms with E-state index in [-0.39, 0.29) is 0 Å². The maximum atomic E-state index is 5.63. The van der Waals surface area contributed by atoms with Crippen molar-refractivity contribution >= 4 is 0 Å². The first-order valence-corrected chi connectivity index (χ1v) is 7.01. The predicted molar refractivity (Wildman–Crippen MR) is 81.6 cm³/mol. The van der Waals surface area contributed by atoms with Gasteiger partial charge in [-0.05, 0) is 36.7 Å². The van der Waals surface area contributed by atoms with Crippen LogP contribution in [0.4, 0.5) is 0 Å². The van der Waals surface area contributed by atoms with Crippen molar-refractivity contribution in [2.45, 2.75) is 20.4 Å². The zero-order valence-corrected chi connectivity index (χ0v) is 12.7. The summed E-state index contributed by atoms with van der Waals surface area (Å²) in [4.78, 5) is 8.59. The SMILES string of the molecule is COc1ccc(Oc2cnc(CNCC(C)C)cn2)cc1. The molecule has 0 atom stereocenters. The first-order valence-electron chi connectivity index (χ1n) is 7.01. The number of aromatic nitrogens is 2. The van der Waals surface area contributed by atoms with Crippen LogP contribution in [0.1, 0.15) is 19.5 Å². The summed E-state index contributed by atoms with van der Waals surface area (Å²) in [6.07, 6.45) is 3.36. The first kappa shape index (κ1) is 15.3. The minimum absolute atomic E-state index is 0.479. The third-order valence-corrected chi connectivity index (χ3v) is 2.82. The summed E-state index contributed by atoms with van der Waals surface area (Å²) in [5, 5.41) is 3.33. The van der Waals surface area contributed by atoms with Gasteiger partial charge in [-0.15, -0.1) is 0 Å². The number of methoxy groups -OCH3 is 1. The second-order valence-electron chi connectivity index (χ2n) is 5.15. The van der Waals surface area contributed by atoms with Crippen LogP contribution in [0.2, 0.25) is 0 Å². The third kappa shape index (κ3) is 5.04. The summed E-state index contributed by atoms with van der Waals surface area (Å²) in [7, 11) is 1.63. The van der Waals surface area contributed by atoms with Crippen molar-refractivity contribution in [3.05, 3.63) is 42.4 Å². The van der Waals surface area contributed by atoms with Crippen LogP contribution >= 0.6 is 0 Å². The smallest absolute Gasteiger partial charge is 0.237 e. The highest BCUT2D eigenvalue weighted by atomic mass is 16.5. The summed E-state index contributed by atoms with van der Waals surface area (Å²) >= 11 is 0. The highest BCUT2D eigenvalue weighted by Gasteiger charge is 2.02. The molecule has 5 heteroatoms. The Hall–Kier alpha value is -2.14. The van der Waals surface area contributed by atoms with E-state index in [0.29, 0.717) is 24.1 Å². The molecule has 1 heterocycles. The summed E-state index contributed by atoms with van der Waals surface area (Å²) in [5.41, 5.74) is 0.901. The molecule has 2 rings (SSSR count). The second kappa shape index (κ2) is 7.59. The molecule has 5 nitrogen and oxygen atoms in total. The van der Waals surface area contributed by atoms with Crippen molar-refractivity contribution in [3.8, 4) is 17.4 Å².